The van der Waals surface area contributed by atoms with Crippen molar-refractivity contribution in [3.63, 3.8) is 0 Å². The van der Waals surface area contributed by atoms with E-state index in [4.69, 9.17) is 4.74 Å². The van der Waals surface area contributed by atoms with E-state index in [2.05, 4.69) is 10.4 Å². The van der Waals surface area contributed by atoms with E-state index in [1.807, 2.05) is 26.0 Å². The Labute approximate surface area is 170 Å². The normalized spacial score (nSPS) is 19.3. The van der Waals surface area contributed by atoms with Crippen LogP contribution in [0.25, 0.3) is 11.3 Å². The van der Waals surface area contributed by atoms with Crippen LogP contribution in [0.4, 0.5) is 0 Å². The molecule has 2 atom stereocenters. The van der Waals surface area contributed by atoms with Gasteiger partial charge in [-0.05, 0) is 42.7 Å². The lowest BCUT2D eigenvalue weighted by molar-refractivity contribution is 0.0890. The average molecular weight is 422 g/mol. The number of benzene rings is 1. The number of rotatable bonds is 7. The van der Waals surface area contributed by atoms with Gasteiger partial charge >= 0.3 is 0 Å². The Bertz CT molecular complexity index is 967. The summed E-state index contributed by atoms with van der Waals surface area (Å²) in [6, 6.07) is 8.26. The van der Waals surface area contributed by atoms with Crippen LogP contribution in [-0.4, -0.2) is 60.5 Å². The summed E-state index contributed by atoms with van der Waals surface area (Å²) in [5.41, 5.74) is 1.67. The van der Waals surface area contributed by atoms with Gasteiger partial charge in [-0.3, -0.25) is 9.48 Å². The van der Waals surface area contributed by atoms with E-state index < -0.39 is 15.7 Å². The Kier molecular flexibility index (Phi) is 6.28. The zero-order valence-corrected chi connectivity index (χ0v) is 17.6. The smallest absolute Gasteiger partial charge is 0.272 e. The zero-order chi connectivity index (χ0) is 21.2. The lowest BCUT2D eigenvalue weighted by Crippen LogP contribution is -2.41. The van der Waals surface area contributed by atoms with E-state index in [1.54, 1.807) is 30.0 Å². The van der Waals surface area contributed by atoms with Crippen LogP contribution in [-0.2, 0) is 9.84 Å². The molecule has 1 aromatic heterocycles. The Balaban J connectivity index is 1.97. The Morgan fingerprint density at radius 1 is 1.34 bits per heavy atom. The molecular formula is C20H27N3O5S. The van der Waals surface area contributed by atoms with Gasteiger partial charge in [0.25, 0.3) is 5.91 Å². The molecular weight excluding hydrogens is 394 g/mol. The first kappa shape index (κ1) is 21.3. The van der Waals surface area contributed by atoms with Gasteiger partial charge in [-0.15, -0.1) is 0 Å². The number of hydrogen-bond donors (Lipinski definition) is 2. The van der Waals surface area contributed by atoms with Crippen molar-refractivity contribution in [1.29, 1.82) is 0 Å². The highest BCUT2D eigenvalue weighted by Crippen LogP contribution is 2.31. The predicted octanol–water partition coefficient (Wildman–Crippen LogP) is 1.66. The molecule has 0 saturated carbocycles. The first-order valence-corrected chi connectivity index (χ1v) is 11.4. The number of nitrogens with zero attached hydrogens (tertiary/aromatic N) is 2. The second-order valence-corrected chi connectivity index (χ2v) is 9.88. The van der Waals surface area contributed by atoms with Crippen LogP contribution in [0, 0.1) is 5.92 Å². The fraction of sp³-hybridized carbons (Fsp3) is 0.500. The number of hydrogen-bond acceptors (Lipinski definition) is 6. The summed E-state index contributed by atoms with van der Waals surface area (Å²) in [5.74, 6) is 0.480. The van der Waals surface area contributed by atoms with Crippen molar-refractivity contribution < 1.29 is 23.1 Å². The third-order valence-corrected chi connectivity index (χ3v) is 6.98. The molecule has 2 aromatic rings. The van der Waals surface area contributed by atoms with E-state index in [-0.39, 0.29) is 41.8 Å². The van der Waals surface area contributed by atoms with Gasteiger partial charge in [-0.2, -0.15) is 5.10 Å². The van der Waals surface area contributed by atoms with Crippen LogP contribution in [0.1, 0.15) is 36.8 Å². The van der Waals surface area contributed by atoms with E-state index in [0.717, 1.165) is 5.56 Å². The molecule has 29 heavy (non-hydrogen) atoms. The van der Waals surface area contributed by atoms with E-state index in [9.17, 15) is 18.3 Å². The molecule has 1 fully saturated rings. The number of sulfone groups is 1. The minimum Gasteiger partial charge on any atom is -0.497 e. The maximum Gasteiger partial charge on any atom is 0.272 e. The van der Waals surface area contributed by atoms with Crippen LogP contribution in [0.2, 0.25) is 0 Å². The highest BCUT2D eigenvalue weighted by atomic mass is 32.2. The van der Waals surface area contributed by atoms with Crippen molar-refractivity contribution in [2.24, 2.45) is 5.92 Å². The molecule has 1 aliphatic heterocycles. The van der Waals surface area contributed by atoms with E-state index >= 15 is 0 Å². The SMILES string of the molecule is COc1ccc(-c2cc(C(=O)N[C@@H](CO)C(C)C)nn2[C@@H]2CCS(=O)(=O)C2)cc1. The Morgan fingerprint density at radius 2 is 2.03 bits per heavy atom. The second-order valence-electron chi connectivity index (χ2n) is 7.65. The van der Waals surface area contributed by atoms with Crippen molar-refractivity contribution in [3.8, 4) is 17.0 Å². The molecule has 0 spiro atoms. The van der Waals surface area contributed by atoms with Gasteiger partial charge in [0, 0.05) is 5.56 Å². The number of methoxy groups -OCH3 is 1. The molecule has 158 valence electrons. The maximum absolute atomic E-state index is 12.7. The molecule has 0 radical (unpaired) electrons. The molecule has 1 aliphatic rings. The summed E-state index contributed by atoms with van der Waals surface area (Å²) in [4.78, 5) is 12.7. The summed E-state index contributed by atoms with van der Waals surface area (Å²) in [6.45, 7) is 3.65. The molecule has 0 unspecified atom stereocenters. The third kappa shape index (κ3) is 4.79. The van der Waals surface area contributed by atoms with Gasteiger partial charge < -0.3 is 15.2 Å². The standard InChI is InChI=1S/C20H27N3O5S/c1-13(2)18(11-24)21-20(25)17-10-19(14-4-6-16(28-3)7-5-14)23(22-17)15-8-9-29(26,27)12-15/h4-7,10,13,15,18,24H,8-9,11-12H2,1-3H3,(H,21,25)/t15-,18+/m1/s1. The fourth-order valence-electron chi connectivity index (χ4n) is 3.39. The average Bonchev–Trinajstić information content (AvgIpc) is 3.29. The quantitative estimate of drug-likeness (QED) is 0.704. The molecule has 1 saturated heterocycles. The molecule has 1 amide bonds. The zero-order valence-electron chi connectivity index (χ0n) is 16.8. The van der Waals surface area contributed by atoms with E-state index in [0.29, 0.717) is 17.9 Å². The number of carbonyl (C=O) groups excluding carboxylic acids is 1. The molecule has 1 aromatic carbocycles. The minimum absolute atomic E-state index is 0.00412. The number of nitrogens with one attached hydrogen (secondary N) is 1. The molecule has 0 aliphatic carbocycles. The summed E-state index contributed by atoms with van der Waals surface area (Å²) >= 11 is 0. The van der Waals surface area contributed by atoms with Crippen LogP contribution in [0.15, 0.2) is 30.3 Å². The van der Waals surface area contributed by atoms with Gasteiger partial charge in [-0.1, -0.05) is 13.8 Å². The summed E-state index contributed by atoms with van der Waals surface area (Å²) in [6.07, 6.45) is 0.458. The topological polar surface area (TPSA) is 111 Å². The van der Waals surface area contributed by atoms with Gasteiger partial charge in [0.2, 0.25) is 0 Å². The number of aliphatic hydroxyl groups excluding tert-OH is 1. The highest BCUT2D eigenvalue weighted by Gasteiger charge is 2.32. The van der Waals surface area contributed by atoms with Gasteiger partial charge in [0.15, 0.2) is 15.5 Å². The van der Waals surface area contributed by atoms with Crippen LogP contribution >= 0.6 is 0 Å². The van der Waals surface area contributed by atoms with Crippen LogP contribution < -0.4 is 10.1 Å². The van der Waals surface area contributed by atoms with E-state index in [1.165, 1.54) is 0 Å². The van der Waals surface area contributed by atoms with Crippen molar-refractivity contribution >= 4 is 15.7 Å². The summed E-state index contributed by atoms with van der Waals surface area (Å²) in [7, 11) is -1.53. The first-order chi connectivity index (χ1) is 13.7. The van der Waals surface area contributed by atoms with Gasteiger partial charge in [0.05, 0.1) is 43.0 Å². The second kappa shape index (κ2) is 8.54. The Morgan fingerprint density at radius 3 is 2.55 bits per heavy atom. The predicted molar refractivity (Wildman–Crippen MR) is 110 cm³/mol. The summed E-state index contributed by atoms with van der Waals surface area (Å²) in [5, 5.41) is 16.7. The van der Waals surface area contributed by atoms with Crippen molar-refractivity contribution in [3.05, 3.63) is 36.0 Å². The third-order valence-electron chi connectivity index (χ3n) is 5.23. The highest BCUT2D eigenvalue weighted by molar-refractivity contribution is 7.91. The summed E-state index contributed by atoms with van der Waals surface area (Å²) < 4.78 is 30.8. The maximum atomic E-state index is 12.7. The van der Waals surface area contributed by atoms with Crippen molar-refractivity contribution in [2.45, 2.75) is 32.4 Å². The number of aliphatic hydroxyl groups is 1. The monoisotopic (exact) mass is 421 g/mol. The fourth-order valence-corrected chi connectivity index (χ4v) is 5.09. The molecule has 9 heteroatoms. The van der Waals surface area contributed by atoms with Crippen molar-refractivity contribution in [1.82, 2.24) is 15.1 Å². The van der Waals surface area contributed by atoms with Gasteiger partial charge in [-0.25, -0.2) is 8.42 Å². The molecule has 2 heterocycles. The van der Waals surface area contributed by atoms with Gasteiger partial charge in [0.1, 0.15) is 5.75 Å². The van der Waals surface area contributed by atoms with Crippen LogP contribution in [0.3, 0.4) is 0 Å². The minimum atomic E-state index is -3.11. The molecule has 8 nitrogen and oxygen atoms in total. The molecule has 0 bridgehead atoms. The van der Waals surface area contributed by atoms with Crippen molar-refractivity contribution in [2.75, 3.05) is 25.2 Å². The lowest BCUT2D eigenvalue weighted by atomic mass is 10.1. The number of ether oxygens (including phenoxy) is 1. The largest absolute Gasteiger partial charge is 0.497 e. The molecule has 2 N–H and O–H groups in total. The number of aromatic nitrogens is 2. The Hall–Kier alpha value is -2.39. The lowest BCUT2D eigenvalue weighted by Gasteiger charge is -2.19. The first-order valence-electron chi connectivity index (χ1n) is 9.60. The number of amides is 1. The molecule has 3 rings (SSSR count). The number of carbonyl (C=O) groups is 1. The van der Waals surface area contributed by atoms with Crippen LogP contribution in [0.5, 0.6) is 5.75 Å².